The van der Waals surface area contributed by atoms with E-state index in [1.165, 1.54) is 37.7 Å². The minimum absolute atomic E-state index is 0.0285. The zero-order valence-corrected chi connectivity index (χ0v) is 17.0. The molecule has 0 bridgehead atoms. The number of rotatable bonds is 1. The molecule has 152 valence electrons. The first kappa shape index (κ1) is 17.7. The molecule has 0 radical (unpaired) electrons. The van der Waals surface area contributed by atoms with Crippen molar-refractivity contribution >= 4 is 0 Å². The van der Waals surface area contributed by atoms with Crippen LogP contribution in [0.2, 0.25) is 0 Å². The van der Waals surface area contributed by atoms with Gasteiger partial charge in [0.1, 0.15) is 5.60 Å². The van der Waals surface area contributed by atoms with Crippen LogP contribution in [0.25, 0.3) is 0 Å². The second-order valence-corrected chi connectivity index (χ2v) is 11.0. The summed E-state index contributed by atoms with van der Waals surface area (Å²) in [5.74, 6) is 2.48. The summed E-state index contributed by atoms with van der Waals surface area (Å²) in [6.45, 7) is 4.97. The molecule has 1 aromatic heterocycles. The lowest BCUT2D eigenvalue weighted by atomic mass is 9.44. The fourth-order valence-electron chi connectivity index (χ4n) is 8.74. The van der Waals surface area contributed by atoms with Gasteiger partial charge in [0, 0.05) is 11.5 Å². The van der Waals surface area contributed by atoms with E-state index < -0.39 is 0 Å². The standard InChI is InChI=1S/C24H32O4/c1-22-9-7-16(25)11-15(22)4-5-18-17(22)8-10-23(2)19(12-20-24(18,23)28-20)14-3-6-21(26)27-13-14/h3,6,13,15-20,25H,4-5,7-12H2,1-2H3/t15-,16-,17+,18-,19-,20+,22+,23-,24+/m1/s1. The van der Waals surface area contributed by atoms with Crippen molar-refractivity contribution < 1.29 is 14.3 Å². The normalized spacial score (nSPS) is 54.2. The minimum atomic E-state index is -0.266. The molecule has 1 aliphatic heterocycles. The Balaban J connectivity index is 1.36. The highest BCUT2D eigenvalue weighted by Crippen LogP contribution is 2.77. The van der Waals surface area contributed by atoms with Gasteiger partial charge in [-0.1, -0.05) is 13.8 Å². The van der Waals surface area contributed by atoms with E-state index in [9.17, 15) is 9.90 Å². The summed E-state index contributed by atoms with van der Waals surface area (Å²) >= 11 is 0. The lowest BCUT2D eigenvalue weighted by molar-refractivity contribution is -0.139. The summed E-state index contributed by atoms with van der Waals surface area (Å²) in [5, 5.41) is 10.2. The van der Waals surface area contributed by atoms with Gasteiger partial charge in [-0.15, -0.1) is 0 Å². The van der Waals surface area contributed by atoms with Crippen LogP contribution in [-0.4, -0.2) is 22.9 Å². The van der Waals surface area contributed by atoms with E-state index in [-0.39, 0.29) is 22.7 Å². The molecule has 9 atom stereocenters. The monoisotopic (exact) mass is 384 g/mol. The van der Waals surface area contributed by atoms with Gasteiger partial charge >= 0.3 is 5.63 Å². The molecule has 28 heavy (non-hydrogen) atoms. The van der Waals surface area contributed by atoms with Gasteiger partial charge in [-0.2, -0.15) is 0 Å². The average molecular weight is 385 g/mol. The molecule has 4 nitrogen and oxygen atoms in total. The molecule has 1 N–H and O–H groups in total. The lowest BCUT2D eigenvalue weighted by Gasteiger charge is -2.61. The van der Waals surface area contributed by atoms with E-state index in [1.54, 1.807) is 12.3 Å². The molecule has 1 spiro atoms. The molecule has 6 rings (SSSR count). The van der Waals surface area contributed by atoms with Crippen LogP contribution in [0.15, 0.2) is 27.6 Å². The minimum Gasteiger partial charge on any atom is -0.431 e. The summed E-state index contributed by atoms with van der Waals surface area (Å²) in [4.78, 5) is 11.4. The summed E-state index contributed by atoms with van der Waals surface area (Å²) < 4.78 is 11.8. The number of ether oxygens (including phenoxy) is 1. The Morgan fingerprint density at radius 1 is 1.04 bits per heavy atom. The van der Waals surface area contributed by atoms with Crippen molar-refractivity contribution in [3.63, 3.8) is 0 Å². The second-order valence-electron chi connectivity index (χ2n) is 11.0. The topological polar surface area (TPSA) is 63.0 Å². The number of fused-ring (bicyclic) bond motifs is 3. The molecule has 4 heteroatoms. The highest BCUT2D eigenvalue weighted by molar-refractivity contribution is 5.35. The Hall–Kier alpha value is -1.13. The highest BCUT2D eigenvalue weighted by Gasteiger charge is 2.80. The van der Waals surface area contributed by atoms with E-state index >= 15 is 0 Å². The number of hydrogen-bond donors (Lipinski definition) is 1. The molecule has 0 aromatic carbocycles. The zero-order valence-electron chi connectivity index (χ0n) is 17.0. The maximum atomic E-state index is 11.4. The third-order valence-corrected chi connectivity index (χ3v) is 10.2. The van der Waals surface area contributed by atoms with E-state index in [4.69, 9.17) is 9.15 Å². The first-order valence-corrected chi connectivity index (χ1v) is 11.3. The fraction of sp³-hybridized carbons (Fsp3) is 0.792. The van der Waals surface area contributed by atoms with Crippen LogP contribution in [0.3, 0.4) is 0 Å². The average Bonchev–Trinajstić information content (AvgIpc) is 3.33. The van der Waals surface area contributed by atoms with Crippen LogP contribution >= 0.6 is 0 Å². The van der Waals surface area contributed by atoms with Crippen LogP contribution in [0.1, 0.15) is 76.7 Å². The van der Waals surface area contributed by atoms with E-state index in [0.717, 1.165) is 25.2 Å². The first-order chi connectivity index (χ1) is 13.4. The molecule has 5 aliphatic rings. The quantitative estimate of drug-likeness (QED) is 0.735. The second kappa shape index (κ2) is 5.51. The Kier molecular flexibility index (Phi) is 3.49. The van der Waals surface area contributed by atoms with Crippen LogP contribution in [0, 0.1) is 28.6 Å². The maximum Gasteiger partial charge on any atom is 0.335 e. The molecular formula is C24H32O4. The molecule has 0 unspecified atom stereocenters. The van der Waals surface area contributed by atoms with Gasteiger partial charge in [0.05, 0.1) is 18.5 Å². The van der Waals surface area contributed by atoms with E-state index in [2.05, 4.69) is 13.8 Å². The van der Waals surface area contributed by atoms with Crippen molar-refractivity contribution in [2.45, 2.75) is 88.9 Å². The zero-order chi connectivity index (χ0) is 19.3. The van der Waals surface area contributed by atoms with Gasteiger partial charge in [0.2, 0.25) is 0 Å². The van der Waals surface area contributed by atoms with Gasteiger partial charge in [0.25, 0.3) is 0 Å². The third-order valence-electron chi connectivity index (χ3n) is 10.2. The fourth-order valence-corrected chi connectivity index (χ4v) is 8.74. The van der Waals surface area contributed by atoms with E-state index in [0.29, 0.717) is 29.3 Å². The van der Waals surface area contributed by atoms with Crippen molar-refractivity contribution in [1.29, 1.82) is 0 Å². The van der Waals surface area contributed by atoms with Crippen molar-refractivity contribution in [3.8, 4) is 0 Å². The number of aliphatic hydroxyl groups excluding tert-OH is 1. The molecule has 1 saturated heterocycles. The van der Waals surface area contributed by atoms with Crippen LogP contribution < -0.4 is 5.63 Å². The summed E-state index contributed by atoms with van der Waals surface area (Å²) in [6.07, 6.45) is 11.1. The molecule has 1 aromatic rings. The van der Waals surface area contributed by atoms with Gasteiger partial charge in [-0.05, 0) is 92.1 Å². The number of aliphatic hydroxyl groups is 1. The van der Waals surface area contributed by atoms with Crippen molar-refractivity contribution in [1.82, 2.24) is 0 Å². The third kappa shape index (κ3) is 2.01. The highest BCUT2D eigenvalue weighted by atomic mass is 16.6. The smallest absolute Gasteiger partial charge is 0.335 e. The largest absolute Gasteiger partial charge is 0.431 e. The molecule has 0 amide bonds. The van der Waals surface area contributed by atoms with Gasteiger partial charge in [-0.3, -0.25) is 0 Å². The van der Waals surface area contributed by atoms with Crippen LogP contribution in [0.4, 0.5) is 0 Å². The summed E-state index contributed by atoms with van der Waals surface area (Å²) in [5.41, 5.74) is 1.44. The Morgan fingerprint density at radius 2 is 1.89 bits per heavy atom. The molecule has 5 fully saturated rings. The van der Waals surface area contributed by atoms with Gasteiger partial charge in [-0.25, -0.2) is 4.79 Å². The van der Waals surface area contributed by atoms with E-state index in [1.807, 2.05) is 6.07 Å². The number of epoxide rings is 1. The molecular weight excluding hydrogens is 352 g/mol. The maximum absolute atomic E-state index is 11.4. The summed E-state index contributed by atoms with van der Waals surface area (Å²) in [7, 11) is 0. The predicted octanol–water partition coefficient (Wildman–Crippen LogP) is 4.26. The lowest BCUT2D eigenvalue weighted by Crippen LogP contribution is -2.58. The summed E-state index contributed by atoms with van der Waals surface area (Å²) in [6, 6.07) is 3.55. The molecule has 4 aliphatic carbocycles. The molecule has 2 heterocycles. The van der Waals surface area contributed by atoms with Crippen LogP contribution in [0.5, 0.6) is 0 Å². The SMILES string of the molecule is C[C@]12CC[C@@H](O)C[C@H]1CC[C@@H]1[C@@H]2CC[C@]2(C)[C@@H](c3ccc(=O)oc3)C[C@@H]3O[C@]312. The Morgan fingerprint density at radius 3 is 2.68 bits per heavy atom. The molecule has 4 saturated carbocycles. The predicted molar refractivity (Wildman–Crippen MR) is 105 cm³/mol. The van der Waals surface area contributed by atoms with Gasteiger partial charge in [0.15, 0.2) is 0 Å². The first-order valence-electron chi connectivity index (χ1n) is 11.3. The van der Waals surface area contributed by atoms with Crippen molar-refractivity contribution in [2.75, 3.05) is 0 Å². The van der Waals surface area contributed by atoms with Crippen LogP contribution in [-0.2, 0) is 4.74 Å². The van der Waals surface area contributed by atoms with Crippen molar-refractivity contribution in [2.24, 2.45) is 28.6 Å². The Bertz CT molecular complexity index is 842. The number of hydrogen-bond acceptors (Lipinski definition) is 4. The Labute approximate surface area is 166 Å². The van der Waals surface area contributed by atoms with Gasteiger partial charge < -0.3 is 14.3 Å². The van der Waals surface area contributed by atoms with Crippen molar-refractivity contribution in [3.05, 3.63) is 34.4 Å².